The first-order valence-electron chi connectivity index (χ1n) is 6.75. The van der Waals surface area contributed by atoms with Crippen molar-refractivity contribution >= 4 is 33.7 Å². The van der Waals surface area contributed by atoms with Crippen molar-refractivity contribution in [2.24, 2.45) is 5.92 Å². The molecule has 1 unspecified atom stereocenters. The van der Waals surface area contributed by atoms with E-state index in [2.05, 4.69) is 15.9 Å². The minimum atomic E-state index is -1.71. The second-order valence-corrected chi connectivity index (χ2v) is 5.71. The molecule has 1 fully saturated rings. The Morgan fingerprint density at radius 3 is 2.41 bits per heavy atom. The van der Waals surface area contributed by atoms with Crippen molar-refractivity contribution in [3.63, 3.8) is 0 Å². The Bertz CT molecular complexity index is 586. The normalized spacial score (nSPS) is 20.9. The molecule has 118 valence electrons. The molecular weight excluding hydrogens is 359 g/mol. The van der Waals surface area contributed by atoms with Gasteiger partial charge in [0.2, 0.25) is 5.78 Å². The molecule has 1 saturated carbocycles. The molecule has 1 aliphatic carbocycles. The number of hydrogen-bond donors (Lipinski definition) is 0. The minimum absolute atomic E-state index is 0.0374. The fraction of sp³-hybridized carbons (Fsp3) is 0.400. The maximum atomic E-state index is 12.9. The van der Waals surface area contributed by atoms with Gasteiger partial charge in [-0.3, -0.25) is 9.59 Å². The van der Waals surface area contributed by atoms with Crippen LogP contribution in [0.3, 0.4) is 0 Å². The Morgan fingerprint density at radius 2 is 1.91 bits per heavy atom. The third-order valence-electron chi connectivity index (χ3n) is 3.12. The number of carbonyl (C=O) groups excluding carboxylic acids is 3. The first-order valence-corrected chi connectivity index (χ1v) is 7.54. The van der Waals surface area contributed by atoms with Gasteiger partial charge < -0.3 is 9.47 Å². The minimum Gasteiger partial charge on any atom is -0.463 e. The van der Waals surface area contributed by atoms with E-state index in [1.807, 2.05) is 0 Å². The van der Waals surface area contributed by atoms with Gasteiger partial charge in [0, 0.05) is 10.0 Å². The van der Waals surface area contributed by atoms with Crippen molar-refractivity contribution in [2.45, 2.75) is 25.6 Å². The zero-order chi connectivity index (χ0) is 16.3. The van der Waals surface area contributed by atoms with E-state index < -0.39 is 35.9 Å². The van der Waals surface area contributed by atoms with Gasteiger partial charge in [0.1, 0.15) is 6.17 Å². The van der Waals surface area contributed by atoms with Crippen LogP contribution in [0, 0.1) is 5.92 Å². The Kier molecular flexibility index (Phi) is 5.28. The quantitative estimate of drug-likeness (QED) is 0.435. The van der Waals surface area contributed by atoms with Crippen LogP contribution < -0.4 is 0 Å². The summed E-state index contributed by atoms with van der Waals surface area (Å²) >= 11 is 3.23. The van der Waals surface area contributed by atoms with Gasteiger partial charge in [-0.25, -0.2) is 9.18 Å². The molecule has 22 heavy (non-hydrogen) atoms. The van der Waals surface area contributed by atoms with Gasteiger partial charge in [0.15, 0.2) is 0 Å². The van der Waals surface area contributed by atoms with E-state index in [0.717, 1.165) is 4.47 Å². The van der Waals surface area contributed by atoms with Crippen LogP contribution in [0.25, 0.3) is 0 Å². The van der Waals surface area contributed by atoms with Gasteiger partial charge in [0.05, 0.1) is 12.5 Å². The predicted octanol–water partition coefficient (Wildman–Crippen LogP) is 2.46. The molecule has 7 heteroatoms. The highest BCUT2D eigenvalue weighted by atomic mass is 79.9. The predicted molar refractivity (Wildman–Crippen MR) is 78.0 cm³/mol. The lowest BCUT2D eigenvalue weighted by Crippen LogP contribution is -2.37. The molecule has 0 spiro atoms. The van der Waals surface area contributed by atoms with Crippen LogP contribution in [-0.2, 0) is 19.1 Å². The number of rotatable bonds is 6. The van der Waals surface area contributed by atoms with Gasteiger partial charge >= 0.3 is 11.9 Å². The number of alkyl halides is 1. The average molecular weight is 373 g/mol. The average Bonchev–Trinajstić information content (AvgIpc) is 3.22. The van der Waals surface area contributed by atoms with Crippen LogP contribution in [0.1, 0.15) is 23.7 Å². The van der Waals surface area contributed by atoms with Crippen molar-refractivity contribution in [3.8, 4) is 0 Å². The van der Waals surface area contributed by atoms with E-state index in [1.165, 1.54) is 12.1 Å². The van der Waals surface area contributed by atoms with Crippen LogP contribution in [0.5, 0.6) is 0 Å². The van der Waals surface area contributed by atoms with E-state index in [-0.39, 0.29) is 18.6 Å². The highest BCUT2D eigenvalue weighted by Crippen LogP contribution is 2.35. The summed E-state index contributed by atoms with van der Waals surface area (Å²) < 4.78 is 23.3. The number of benzene rings is 1. The summed E-state index contributed by atoms with van der Waals surface area (Å²) in [4.78, 5) is 35.9. The molecule has 1 aromatic rings. The molecule has 3 atom stereocenters. The van der Waals surface area contributed by atoms with Crippen LogP contribution in [0.2, 0.25) is 0 Å². The summed E-state index contributed by atoms with van der Waals surface area (Å²) in [7, 11) is 0. The van der Waals surface area contributed by atoms with Crippen molar-refractivity contribution in [1.29, 1.82) is 0 Å². The highest BCUT2D eigenvalue weighted by Gasteiger charge is 2.47. The lowest BCUT2D eigenvalue weighted by atomic mass is 10.1. The summed E-state index contributed by atoms with van der Waals surface area (Å²) in [6.07, 6.45) is -2.92. The standard InChI is InChI=1S/C15H14BrFO5/c1-2-21-15(20)13(22-14(19)10-7-11(10)17)12(18)8-3-5-9(16)6-4-8/h3-6,10-11,13H,2,7H2,1H3/t10-,11+,13?/m1/s1. The fourth-order valence-electron chi connectivity index (χ4n) is 1.80. The Hall–Kier alpha value is -1.76. The lowest BCUT2D eigenvalue weighted by molar-refractivity contribution is -0.165. The van der Waals surface area contributed by atoms with Gasteiger partial charge in [0.25, 0.3) is 6.10 Å². The van der Waals surface area contributed by atoms with Gasteiger partial charge in [-0.1, -0.05) is 28.1 Å². The lowest BCUT2D eigenvalue weighted by Gasteiger charge is -2.15. The molecule has 0 aromatic heterocycles. The summed E-state index contributed by atoms with van der Waals surface area (Å²) in [5.74, 6) is -3.44. The molecule has 0 saturated heterocycles. The third-order valence-corrected chi connectivity index (χ3v) is 3.65. The summed E-state index contributed by atoms with van der Waals surface area (Å²) in [5, 5.41) is 0. The Morgan fingerprint density at radius 1 is 1.32 bits per heavy atom. The molecule has 0 bridgehead atoms. The second-order valence-electron chi connectivity index (χ2n) is 4.80. The molecule has 0 radical (unpaired) electrons. The zero-order valence-corrected chi connectivity index (χ0v) is 13.3. The fourth-order valence-corrected chi connectivity index (χ4v) is 2.07. The van der Waals surface area contributed by atoms with E-state index in [1.54, 1.807) is 19.1 Å². The smallest absolute Gasteiger partial charge is 0.355 e. The molecular formula is C15H14BrFO5. The van der Waals surface area contributed by atoms with Crippen LogP contribution >= 0.6 is 15.9 Å². The number of halogens is 2. The van der Waals surface area contributed by atoms with Crippen LogP contribution in [0.4, 0.5) is 4.39 Å². The zero-order valence-electron chi connectivity index (χ0n) is 11.8. The van der Waals surface area contributed by atoms with Gasteiger partial charge in [-0.15, -0.1) is 0 Å². The number of carbonyl (C=O) groups is 3. The monoisotopic (exact) mass is 372 g/mol. The van der Waals surface area contributed by atoms with E-state index in [9.17, 15) is 18.8 Å². The van der Waals surface area contributed by atoms with E-state index in [0.29, 0.717) is 0 Å². The largest absolute Gasteiger partial charge is 0.463 e. The van der Waals surface area contributed by atoms with Gasteiger partial charge in [-0.2, -0.15) is 0 Å². The first-order chi connectivity index (χ1) is 10.4. The van der Waals surface area contributed by atoms with E-state index in [4.69, 9.17) is 9.47 Å². The summed E-state index contributed by atoms with van der Waals surface area (Å²) in [6.45, 7) is 1.61. The number of hydrogen-bond acceptors (Lipinski definition) is 5. The van der Waals surface area contributed by atoms with Gasteiger partial charge in [-0.05, 0) is 25.5 Å². The SMILES string of the molecule is CCOC(=O)C(OC(=O)[C@@H]1C[C@@H]1F)C(=O)c1ccc(Br)cc1. The van der Waals surface area contributed by atoms with Crippen molar-refractivity contribution in [3.05, 3.63) is 34.3 Å². The molecule has 2 rings (SSSR count). The van der Waals surface area contributed by atoms with Crippen LogP contribution in [-0.4, -0.2) is 36.6 Å². The number of esters is 2. The Balaban J connectivity index is 2.15. The van der Waals surface area contributed by atoms with Crippen LogP contribution in [0.15, 0.2) is 28.7 Å². The topological polar surface area (TPSA) is 69.7 Å². The number of Topliss-reactive ketones (excluding diaryl/α,β-unsaturated/α-hetero) is 1. The first kappa shape index (κ1) is 16.6. The number of ether oxygens (including phenoxy) is 2. The van der Waals surface area contributed by atoms with Crippen molar-refractivity contribution < 1.29 is 28.2 Å². The summed E-state index contributed by atoms with van der Waals surface area (Å²) in [5.41, 5.74) is 0.196. The second kappa shape index (κ2) is 7.00. The Labute approximate surface area is 134 Å². The summed E-state index contributed by atoms with van der Waals surface area (Å²) in [6, 6.07) is 6.22. The number of ketones is 1. The molecule has 1 aromatic carbocycles. The molecule has 0 N–H and O–H groups in total. The molecule has 0 heterocycles. The van der Waals surface area contributed by atoms with Crippen molar-refractivity contribution in [1.82, 2.24) is 0 Å². The molecule has 5 nitrogen and oxygen atoms in total. The van der Waals surface area contributed by atoms with E-state index >= 15 is 0 Å². The molecule has 0 amide bonds. The van der Waals surface area contributed by atoms with Crippen molar-refractivity contribution in [2.75, 3.05) is 6.61 Å². The molecule has 1 aliphatic rings. The third kappa shape index (κ3) is 3.91. The highest BCUT2D eigenvalue weighted by molar-refractivity contribution is 9.10. The maximum absolute atomic E-state index is 12.9. The molecule has 0 aliphatic heterocycles. The maximum Gasteiger partial charge on any atom is 0.355 e.